The molecule has 2 amide bonds. The highest BCUT2D eigenvalue weighted by Gasteiger charge is 2.06. The number of aryl methyl sites for hydroxylation is 1. The van der Waals surface area contributed by atoms with Crippen LogP contribution in [0, 0.1) is 6.92 Å². The highest BCUT2D eigenvalue weighted by Crippen LogP contribution is 2.21. The zero-order chi connectivity index (χ0) is 20.8. The second-order valence-corrected chi connectivity index (χ2v) is 7.23. The number of pyridine rings is 1. The maximum atomic E-state index is 12.0. The Labute approximate surface area is 177 Å². The van der Waals surface area contributed by atoms with Gasteiger partial charge < -0.3 is 16.0 Å². The van der Waals surface area contributed by atoms with Crippen molar-refractivity contribution in [3.63, 3.8) is 0 Å². The molecule has 150 valence electrons. The quantitative estimate of drug-likeness (QED) is 0.336. The predicted octanol–water partition coefficient (Wildman–Crippen LogP) is 5.37. The number of nitrogens with one attached hydrogen (secondary N) is 4. The largest absolute Gasteiger partial charge is 0.340 e. The lowest BCUT2D eigenvalue weighted by atomic mass is 10.3. The van der Waals surface area contributed by atoms with E-state index in [1.807, 2.05) is 73.0 Å². The number of carbonyl (C=O) groups is 1. The van der Waals surface area contributed by atoms with E-state index in [0.717, 1.165) is 10.7 Å². The van der Waals surface area contributed by atoms with Gasteiger partial charge in [0, 0.05) is 23.6 Å². The van der Waals surface area contributed by atoms with Crippen LogP contribution in [0.2, 0.25) is 0 Å². The van der Waals surface area contributed by atoms with Gasteiger partial charge in [-0.1, -0.05) is 6.07 Å². The molecule has 4 aromatic rings. The summed E-state index contributed by atoms with van der Waals surface area (Å²) in [5.41, 5.74) is 1.52. The van der Waals surface area contributed by atoms with E-state index in [-0.39, 0.29) is 6.03 Å². The molecule has 0 saturated carbocycles. The molecule has 4 rings (SSSR count). The molecule has 0 bridgehead atoms. The highest BCUT2D eigenvalue weighted by molar-refractivity contribution is 7.14. The number of carbonyl (C=O) groups excluding carboxylic acids is 1. The summed E-state index contributed by atoms with van der Waals surface area (Å²) < 4.78 is 0. The van der Waals surface area contributed by atoms with Crippen molar-refractivity contribution in [2.24, 2.45) is 0 Å². The van der Waals surface area contributed by atoms with E-state index in [9.17, 15) is 4.79 Å². The molecular formula is C21H19N7OS. The summed E-state index contributed by atoms with van der Waals surface area (Å²) in [7, 11) is 0. The summed E-state index contributed by atoms with van der Waals surface area (Å²) in [6.07, 6.45) is 1.71. The first-order valence-electron chi connectivity index (χ1n) is 9.16. The Kier molecular flexibility index (Phi) is 5.81. The second-order valence-electron chi connectivity index (χ2n) is 6.28. The molecule has 0 spiro atoms. The van der Waals surface area contributed by atoms with Crippen molar-refractivity contribution < 1.29 is 4.79 Å². The number of urea groups is 1. The summed E-state index contributed by atoms with van der Waals surface area (Å²) in [4.78, 5) is 25.1. The number of amides is 2. The van der Waals surface area contributed by atoms with Crippen LogP contribution in [0.5, 0.6) is 0 Å². The van der Waals surface area contributed by atoms with Crippen LogP contribution in [0.4, 0.5) is 38.6 Å². The van der Waals surface area contributed by atoms with Gasteiger partial charge >= 0.3 is 6.03 Å². The molecule has 30 heavy (non-hydrogen) atoms. The molecule has 9 heteroatoms. The average Bonchev–Trinajstić information content (AvgIpc) is 3.23. The Morgan fingerprint density at radius 1 is 0.833 bits per heavy atom. The molecule has 0 aliphatic heterocycles. The number of thiophene rings is 1. The average molecular weight is 417 g/mol. The van der Waals surface area contributed by atoms with Crippen LogP contribution >= 0.6 is 11.3 Å². The van der Waals surface area contributed by atoms with Gasteiger partial charge in [-0.15, -0.1) is 11.3 Å². The van der Waals surface area contributed by atoms with Gasteiger partial charge in [0.25, 0.3) is 0 Å². The summed E-state index contributed by atoms with van der Waals surface area (Å²) in [5.74, 6) is 2.63. The first-order valence-corrected chi connectivity index (χ1v) is 10.0. The maximum absolute atomic E-state index is 12.0. The molecule has 0 radical (unpaired) electrons. The monoisotopic (exact) mass is 417 g/mol. The maximum Gasteiger partial charge on any atom is 0.324 e. The molecule has 8 nitrogen and oxygen atoms in total. The predicted molar refractivity (Wildman–Crippen MR) is 121 cm³/mol. The lowest BCUT2D eigenvalue weighted by Crippen LogP contribution is -2.18. The highest BCUT2D eigenvalue weighted by atomic mass is 32.1. The van der Waals surface area contributed by atoms with E-state index in [0.29, 0.717) is 29.0 Å². The minimum Gasteiger partial charge on any atom is -0.340 e. The molecule has 0 fully saturated rings. The number of rotatable bonds is 6. The molecule has 4 N–H and O–H groups in total. The van der Waals surface area contributed by atoms with Gasteiger partial charge in [0.15, 0.2) is 0 Å². The van der Waals surface area contributed by atoms with E-state index in [1.165, 1.54) is 11.3 Å². The first kappa shape index (κ1) is 19.3. The lowest BCUT2D eigenvalue weighted by Gasteiger charge is -2.11. The zero-order valence-corrected chi connectivity index (χ0v) is 16.9. The Hall–Kier alpha value is -3.98. The van der Waals surface area contributed by atoms with Gasteiger partial charge in [0.05, 0.1) is 5.00 Å². The molecule has 0 atom stereocenters. The summed E-state index contributed by atoms with van der Waals surface area (Å²) in [6, 6.07) is 18.2. The molecule has 0 unspecified atom stereocenters. The van der Waals surface area contributed by atoms with Crippen molar-refractivity contribution >= 4 is 51.2 Å². The van der Waals surface area contributed by atoms with Crippen LogP contribution in [0.1, 0.15) is 5.82 Å². The Bertz CT molecular complexity index is 1120. The fourth-order valence-corrected chi connectivity index (χ4v) is 3.28. The number of anilines is 6. The Morgan fingerprint density at radius 2 is 1.60 bits per heavy atom. The van der Waals surface area contributed by atoms with Gasteiger partial charge in [-0.05, 0) is 60.8 Å². The van der Waals surface area contributed by atoms with Crippen LogP contribution in [0.3, 0.4) is 0 Å². The number of nitrogens with zero attached hydrogens (tertiary/aromatic N) is 3. The van der Waals surface area contributed by atoms with E-state index in [1.54, 1.807) is 6.20 Å². The molecule has 0 aliphatic rings. The SMILES string of the molecule is Cc1nc(Nc2ccc(NC(=O)Nc3cccs3)cc2)cc(Nc2ccccn2)n1. The fraction of sp³-hybridized carbons (Fsp3) is 0.0476. The van der Waals surface area contributed by atoms with Crippen molar-refractivity contribution in [2.75, 3.05) is 21.3 Å². The molecule has 1 aromatic carbocycles. The van der Waals surface area contributed by atoms with E-state index >= 15 is 0 Å². The minimum atomic E-state index is -0.283. The van der Waals surface area contributed by atoms with Crippen LogP contribution in [0.15, 0.2) is 72.2 Å². The van der Waals surface area contributed by atoms with Crippen LogP contribution < -0.4 is 21.3 Å². The number of benzene rings is 1. The zero-order valence-electron chi connectivity index (χ0n) is 16.1. The number of aromatic nitrogens is 3. The van der Waals surface area contributed by atoms with Crippen molar-refractivity contribution in [1.82, 2.24) is 15.0 Å². The standard InChI is InChI=1S/C21H19N7OS/c1-14-23-18(13-19(24-14)27-17-5-2-3-11-22-17)25-15-7-9-16(10-8-15)26-21(29)28-20-6-4-12-30-20/h2-13H,1H3,(H2,26,28,29)(H2,22,23,24,25,27). The van der Waals surface area contributed by atoms with Gasteiger partial charge in [-0.25, -0.2) is 19.7 Å². The van der Waals surface area contributed by atoms with E-state index in [4.69, 9.17) is 0 Å². The summed E-state index contributed by atoms with van der Waals surface area (Å²) >= 11 is 1.47. The van der Waals surface area contributed by atoms with Crippen molar-refractivity contribution in [3.8, 4) is 0 Å². The number of hydrogen-bond donors (Lipinski definition) is 4. The van der Waals surface area contributed by atoms with Gasteiger partial charge in [-0.2, -0.15) is 0 Å². The normalized spacial score (nSPS) is 10.3. The molecular weight excluding hydrogens is 398 g/mol. The topological polar surface area (TPSA) is 104 Å². The Balaban J connectivity index is 1.40. The third kappa shape index (κ3) is 5.30. The fourth-order valence-electron chi connectivity index (χ4n) is 2.67. The molecule has 3 aromatic heterocycles. The smallest absolute Gasteiger partial charge is 0.324 e. The van der Waals surface area contributed by atoms with Gasteiger partial charge in [0.2, 0.25) is 0 Å². The van der Waals surface area contributed by atoms with E-state index < -0.39 is 0 Å². The van der Waals surface area contributed by atoms with Crippen LogP contribution in [-0.2, 0) is 0 Å². The lowest BCUT2D eigenvalue weighted by molar-refractivity contribution is 0.262. The minimum absolute atomic E-state index is 0.283. The third-order valence-electron chi connectivity index (χ3n) is 3.93. The second kappa shape index (κ2) is 9.01. The van der Waals surface area contributed by atoms with E-state index in [2.05, 4.69) is 36.2 Å². The number of hydrogen-bond acceptors (Lipinski definition) is 7. The summed E-state index contributed by atoms with van der Waals surface area (Å²) in [6.45, 7) is 1.83. The van der Waals surface area contributed by atoms with Gasteiger partial charge in [0.1, 0.15) is 23.3 Å². The first-order chi connectivity index (χ1) is 14.6. The van der Waals surface area contributed by atoms with Gasteiger partial charge in [-0.3, -0.25) is 5.32 Å². The summed E-state index contributed by atoms with van der Waals surface area (Å²) in [5, 5.41) is 14.7. The molecule has 3 heterocycles. The van der Waals surface area contributed by atoms with Crippen LogP contribution in [-0.4, -0.2) is 21.0 Å². The van der Waals surface area contributed by atoms with Crippen LogP contribution in [0.25, 0.3) is 0 Å². The molecule has 0 saturated heterocycles. The van der Waals surface area contributed by atoms with Crippen molar-refractivity contribution in [1.29, 1.82) is 0 Å². The van der Waals surface area contributed by atoms with Crippen molar-refractivity contribution in [2.45, 2.75) is 6.92 Å². The third-order valence-corrected chi connectivity index (χ3v) is 4.72. The Morgan fingerprint density at radius 3 is 2.30 bits per heavy atom. The molecule has 0 aliphatic carbocycles. The van der Waals surface area contributed by atoms with Crippen molar-refractivity contribution in [3.05, 3.63) is 78.1 Å².